The van der Waals surface area contributed by atoms with Crippen LogP contribution in [0.3, 0.4) is 0 Å². The van der Waals surface area contributed by atoms with E-state index in [9.17, 15) is 60.7 Å². The second kappa shape index (κ2) is 16.6. The molecule has 20 nitrogen and oxygen atoms in total. The normalized spacial score (nSPS) is 44.4. The summed E-state index contributed by atoms with van der Waals surface area (Å²) in [6, 6.07) is 0. The summed E-state index contributed by atoms with van der Waals surface area (Å²) in [6.45, 7) is -2.66. The molecule has 0 saturated carbocycles. The third-order valence-corrected chi connectivity index (χ3v) is 7.08. The Balaban J connectivity index is 1.58. The van der Waals surface area contributed by atoms with E-state index in [1.165, 1.54) is 0 Å². The van der Waals surface area contributed by atoms with Crippen molar-refractivity contribution in [2.24, 2.45) is 0 Å². The molecule has 0 bridgehead atoms. The van der Waals surface area contributed by atoms with Crippen molar-refractivity contribution in [2.45, 2.75) is 98.2 Å². The highest BCUT2D eigenvalue weighted by atomic mass is 16.7. The van der Waals surface area contributed by atoms with Gasteiger partial charge in [-0.1, -0.05) is 0 Å². The smallest absolute Gasteiger partial charge is 0.293 e. The van der Waals surface area contributed by atoms with E-state index in [1.54, 1.807) is 0 Å². The van der Waals surface area contributed by atoms with Gasteiger partial charge in [0.25, 0.3) is 12.9 Å². The molecule has 3 heterocycles. The highest BCUT2D eigenvalue weighted by Gasteiger charge is 2.49. The molecule has 0 aromatic rings. The van der Waals surface area contributed by atoms with Crippen LogP contribution in [0.5, 0.6) is 0 Å². The molecule has 0 aliphatic carbocycles. The van der Waals surface area contributed by atoms with Gasteiger partial charge in [-0.05, 0) is 0 Å². The molecule has 16 atom stereocenters. The summed E-state index contributed by atoms with van der Waals surface area (Å²) >= 11 is 0. The summed E-state index contributed by atoms with van der Waals surface area (Å²) in [6.07, 6.45) is -26.1. The number of carbonyl (C=O) groups is 2. The number of ether oxygens (including phenoxy) is 8. The Kier molecular flexibility index (Phi) is 13.8. The lowest BCUT2D eigenvalue weighted by atomic mass is 9.98. The van der Waals surface area contributed by atoms with Crippen molar-refractivity contribution in [2.75, 3.05) is 33.0 Å². The van der Waals surface area contributed by atoms with Crippen molar-refractivity contribution < 1.29 is 98.5 Å². The van der Waals surface area contributed by atoms with Crippen LogP contribution in [0.2, 0.25) is 0 Å². The highest BCUT2D eigenvalue weighted by Crippen LogP contribution is 2.28. The van der Waals surface area contributed by atoms with Crippen LogP contribution < -0.4 is 0 Å². The molecule has 250 valence electrons. The van der Waals surface area contributed by atoms with Crippen molar-refractivity contribution >= 4 is 12.9 Å². The molecule has 0 amide bonds. The molecular weight excluding hydrogens is 596 g/mol. The summed E-state index contributed by atoms with van der Waals surface area (Å²) in [7, 11) is 0. The van der Waals surface area contributed by atoms with Gasteiger partial charge in [-0.15, -0.1) is 0 Å². The number of hydrogen-bond acceptors (Lipinski definition) is 20. The number of aliphatic hydroxyl groups is 10. The van der Waals surface area contributed by atoms with Crippen LogP contribution in [-0.4, -0.2) is 195 Å². The second-order valence-corrected chi connectivity index (χ2v) is 10.0. The Morgan fingerprint density at radius 3 is 1.37 bits per heavy atom. The molecule has 0 aromatic carbocycles. The molecule has 43 heavy (non-hydrogen) atoms. The lowest BCUT2D eigenvalue weighted by Crippen LogP contribution is -2.62. The van der Waals surface area contributed by atoms with Gasteiger partial charge in [-0.3, -0.25) is 9.59 Å². The molecule has 20 heteroatoms. The number of carbonyl (C=O) groups excluding carboxylic acids is 2. The minimum Gasteiger partial charge on any atom is -0.464 e. The van der Waals surface area contributed by atoms with Crippen molar-refractivity contribution in [1.29, 1.82) is 0 Å². The van der Waals surface area contributed by atoms with E-state index < -0.39 is 131 Å². The van der Waals surface area contributed by atoms with E-state index in [2.05, 4.69) is 9.47 Å². The summed E-state index contributed by atoms with van der Waals surface area (Å²) < 4.78 is 41.4. The zero-order valence-electron chi connectivity index (χ0n) is 22.5. The number of hydrogen-bond donors (Lipinski definition) is 10. The van der Waals surface area contributed by atoms with Crippen molar-refractivity contribution in [3.8, 4) is 0 Å². The van der Waals surface area contributed by atoms with Crippen LogP contribution in [0.4, 0.5) is 0 Å². The van der Waals surface area contributed by atoms with Crippen LogP contribution >= 0.6 is 0 Å². The lowest BCUT2D eigenvalue weighted by molar-refractivity contribution is -0.343. The molecule has 3 saturated heterocycles. The standard InChI is InChI=1S/C23H38O20/c24-1-9-12(27)15(30)18(33)22(41-9)38-4-11-14(29)17(32)20(35)23(43-11)39-5-10-13(28)16(31)19(34)21(42-10)37-3-8(40-7-26)2-36-6-25/h6-24,27-35H,1-5H2/t8-,9-,10-,11-,12+,13+,14+,15+,16+,17+,18-,19-,20-,21-,22+,23+/m1/s1. The predicted molar refractivity (Wildman–Crippen MR) is 128 cm³/mol. The maximum absolute atomic E-state index is 10.6. The van der Waals surface area contributed by atoms with Gasteiger partial charge in [0.1, 0.15) is 79.9 Å². The highest BCUT2D eigenvalue weighted by molar-refractivity contribution is 5.38. The van der Waals surface area contributed by atoms with Crippen molar-refractivity contribution in [3.63, 3.8) is 0 Å². The summed E-state index contributed by atoms with van der Waals surface area (Å²) in [4.78, 5) is 21.0. The molecule has 0 aromatic heterocycles. The minimum absolute atomic E-state index is 0.0681. The zero-order chi connectivity index (χ0) is 31.8. The molecule has 0 radical (unpaired) electrons. The van der Waals surface area contributed by atoms with E-state index >= 15 is 0 Å². The van der Waals surface area contributed by atoms with E-state index in [-0.39, 0.29) is 12.9 Å². The van der Waals surface area contributed by atoms with E-state index in [0.717, 1.165) is 0 Å². The molecule has 0 unspecified atom stereocenters. The third kappa shape index (κ3) is 8.73. The molecular formula is C23H38O20. The average molecular weight is 635 g/mol. The topological polar surface area (TPSA) is 310 Å². The SMILES string of the molecule is O=COC[C@H](CO[C@@H]1O[C@H](CO[C@H]2O[C@H](CO[C@H]3O[C@H](CO)[C@H](O)[C@H](O)[C@H]3O)[C@H](O)[C@H](O)[C@H]2O)[C@H](O)[C@H](O)[C@H]1O)OC=O. The summed E-state index contributed by atoms with van der Waals surface area (Å²) in [5.41, 5.74) is 0. The maximum Gasteiger partial charge on any atom is 0.293 e. The first kappa shape index (κ1) is 35.8. The van der Waals surface area contributed by atoms with Gasteiger partial charge in [-0.25, -0.2) is 0 Å². The summed E-state index contributed by atoms with van der Waals surface area (Å²) in [5.74, 6) is 0. The van der Waals surface area contributed by atoms with Gasteiger partial charge >= 0.3 is 0 Å². The van der Waals surface area contributed by atoms with Crippen LogP contribution in [0, 0.1) is 0 Å². The number of rotatable bonds is 15. The van der Waals surface area contributed by atoms with Gasteiger partial charge in [0, 0.05) is 0 Å². The molecule has 10 N–H and O–H groups in total. The van der Waals surface area contributed by atoms with Crippen LogP contribution in [0.1, 0.15) is 0 Å². The Bertz CT molecular complexity index is 850. The van der Waals surface area contributed by atoms with Gasteiger partial charge in [0.2, 0.25) is 0 Å². The van der Waals surface area contributed by atoms with Crippen LogP contribution in [0.15, 0.2) is 0 Å². The molecule has 3 aliphatic rings. The largest absolute Gasteiger partial charge is 0.464 e. The quantitative estimate of drug-likeness (QED) is 0.0748. The number of aliphatic hydroxyl groups excluding tert-OH is 10. The molecule has 3 aliphatic heterocycles. The second-order valence-electron chi connectivity index (χ2n) is 10.0. The third-order valence-electron chi connectivity index (χ3n) is 7.08. The monoisotopic (exact) mass is 634 g/mol. The first-order valence-corrected chi connectivity index (χ1v) is 13.1. The van der Waals surface area contributed by atoms with Crippen LogP contribution in [0.25, 0.3) is 0 Å². The minimum atomic E-state index is -1.86. The first-order valence-electron chi connectivity index (χ1n) is 13.1. The van der Waals surface area contributed by atoms with Crippen molar-refractivity contribution in [1.82, 2.24) is 0 Å². The first-order chi connectivity index (χ1) is 20.4. The van der Waals surface area contributed by atoms with E-state index in [4.69, 9.17) is 28.4 Å². The predicted octanol–water partition coefficient (Wildman–Crippen LogP) is -7.83. The summed E-state index contributed by atoms with van der Waals surface area (Å²) in [5, 5.41) is 101. The van der Waals surface area contributed by atoms with E-state index in [1.807, 2.05) is 0 Å². The fraction of sp³-hybridized carbons (Fsp3) is 0.913. The Labute approximate surface area is 243 Å². The fourth-order valence-corrected chi connectivity index (χ4v) is 4.52. The lowest BCUT2D eigenvalue weighted by Gasteiger charge is -2.43. The fourth-order valence-electron chi connectivity index (χ4n) is 4.52. The van der Waals surface area contributed by atoms with E-state index in [0.29, 0.717) is 0 Å². The Morgan fingerprint density at radius 1 is 0.535 bits per heavy atom. The molecule has 3 fully saturated rings. The zero-order valence-corrected chi connectivity index (χ0v) is 22.5. The maximum atomic E-state index is 10.6. The average Bonchev–Trinajstić information content (AvgIpc) is 3.00. The molecule has 3 rings (SSSR count). The van der Waals surface area contributed by atoms with Gasteiger partial charge in [-0.2, -0.15) is 0 Å². The van der Waals surface area contributed by atoms with Gasteiger partial charge in [0.05, 0.1) is 26.4 Å². The van der Waals surface area contributed by atoms with Gasteiger partial charge < -0.3 is 89.0 Å². The Hall–Kier alpha value is -1.70. The van der Waals surface area contributed by atoms with Gasteiger partial charge in [0.15, 0.2) is 25.0 Å². The molecule has 0 spiro atoms. The Morgan fingerprint density at radius 2 is 0.953 bits per heavy atom. The van der Waals surface area contributed by atoms with Crippen LogP contribution in [-0.2, 0) is 47.5 Å². The van der Waals surface area contributed by atoms with Crippen molar-refractivity contribution in [3.05, 3.63) is 0 Å².